The van der Waals surface area contributed by atoms with Crippen LogP contribution in [0.25, 0.3) is 0 Å². The van der Waals surface area contributed by atoms with Crippen LogP contribution in [0.5, 0.6) is 5.75 Å². The number of rotatable bonds is 5. The minimum Gasteiger partial charge on any atom is -0.497 e. The second-order valence-corrected chi connectivity index (χ2v) is 5.40. The summed E-state index contributed by atoms with van der Waals surface area (Å²) in [5.41, 5.74) is 0.825. The van der Waals surface area contributed by atoms with Crippen molar-refractivity contribution in [2.75, 3.05) is 31.6 Å². The summed E-state index contributed by atoms with van der Waals surface area (Å²) in [5.74, 6) is 0.688. The molecule has 0 bridgehead atoms. The van der Waals surface area contributed by atoms with Crippen molar-refractivity contribution < 1.29 is 14.3 Å². The summed E-state index contributed by atoms with van der Waals surface area (Å²) in [6, 6.07) is 7.56. The molecule has 0 unspecified atom stereocenters. The number of nitrogens with zero attached hydrogens (tertiary/aromatic N) is 2. The molecular weight excluding hydrogens is 270 g/mol. The third kappa shape index (κ3) is 3.09. The van der Waals surface area contributed by atoms with Crippen LogP contribution in [0.15, 0.2) is 24.3 Å². The normalized spacial score (nSPS) is 18.0. The molecule has 1 aromatic rings. The first-order chi connectivity index (χ1) is 10.2. The summed E-state index contributed by atoms with van der Waals surface area (Å²) in [6.07, 6.45) is 2.11. The minimum absolute atomic E-state index is 0.0672. The second kappa shape index (κ2) is 5.63. The van der Waals surface area contributed by atoms with Crippen molar-refractivity contribution >= 4 is 17.6 Å². The van der Waals surface area contributed by atoms with Gasteiger partial charge < -0.3 is 15.0 Å². The molecule has 0 radical (unpaired) electrons. The Balaban J connectivity index is 1.60. The molecule has 1 saturated carbocycles. The molecular formula is C15H19N3O3. The Hall–Kier alpha value is -2.24. The Morgan fingerprint density at radius 2 is 2.00 bits per heavy atom. The fourth-order valence-corrected chi connectivity index (χ4v) is 2.41. The molecule has 1 N–H and O–H groups in total. The third-order valence-corrected chi connectivity index (χ3v) is 3.76. The van der Waals surface area contributed by atoms with Crippen molar-refractivity contribution in [1.82, 2.24) is 10.2 Å². The largest absolute Gasteiger partial charge is 0.497 e. The lowest BCUT2D eigenvalue weighted by atomic mass is 10.3. The van der Waals surface area contributed by atoms with E-state index in [0.29, 0.717) is 19.1 Å². The maximum Gasteiger partial charge on any atom is 0.325 e. The van der Waals surface area contributed by atoms with E-state index in [1.807, 2.05) is 24.3 Å². The van der Waals surface area contributed by atoms with Crippen LogP contribution in [-0.4, -0.2) is 49.6 Å². The maximum absolute atomic E-state index is 12.3. The predicted octanol–water partition coefficient (Wildman–Crippen LogP) is 1.22. The molecule has 112 valence electrons. The zero-order valence-corrected chi connectivity index (χ0v) is 12.0. The molecule has 3 rings (SSSR count). The van der Waals surface area contributed by atoms with Crippen molar-refractivity contribution in [2.45, 2.75) is 18.9 Å². The first-order valence-corrected chi connectivity index (χ1v) is 7.17. The van der Waals surface area contributed by atoms with Gasteiger partial charge in [-0.25, -0.2) is 4.79 Å². The van der Waals surface area contributed by atoms with Crippen molar-refractivity contribution in [1.29, 1.82) is 0 Å². The van der Waals surface area contributed by atoms with E-state index >= 15 is 0 Å². The topological polar surface area (TPSA) is 61.9 Å². The molecule has 6 heteroatoms. The predicted molar refractivity (Wildman–Crippen MR) is 78.5 cm³/mol. The second-order valence-electron chi connectivity index (χ2n) is 5.40. The highest BCUT2D eigenvalue weighted by molar-refractivity contribution is 5.96. The van der Waals surface area contributed by atoms with Gasteiger partial charge in [0.05, 0.1) is 7.11 Å². The van der Waals surface area contributed by atoms with Crippen LogP contribution < -0.4 is 15.0 Å². The Labute approximate surface area is 123 Å². The van der Waals surface area contributed by atoms with Crippen LogP contribution in [0, 0.1) is 0 Å². The van der Waals surface area contributed by atoms with Gasteiger partial charge in [0, 0.05) is 24.8 Å². The molecule has 0 spiro atoms. The van der Waals surface area contributed by atoms with E-state index in [0.717, 1.165) is 24.3 Å². The van der Waals surface area contributed by atoms with E-state index < -0.39 is 0 Å². The van der Waals surface area contributed by atoms with E-state index in [2.05, 4.69) is 5.32 Å². The summed E-state index contributed by atoms with van der Waals surface area (Å²) >= 11 is 0. The van der Waals surface area contributed by atoms with Crippen LogP contribution in [0.3, 0.4) is 0 Å². The number of hydrogen-bond acceptors (Lipinski definition) is 3. The molecule has 2 fully saturated rings. The summed E-state index contributed by atoms with van der Waals surface area (Å²) in [4.78, 5) is 27.4. The van der Waals surface area contributed by atoms with Crippen molar-refractivity contribution in [3.05, 3.63) is 24.3 Å². The molecule has 6 nitrogen and oxygen atoms in total. The first-order valence-electron chi connectivity index (χ1n) is 7.17. The zero-order valence-electron chi connectivity index (χ0n) is 12.0. The molecule has 1 aromatic carbocycles. The number of anilines is 1. The maximum atomic E-state index is 12.3. The first kappa shape index (κ1) is 13.7. The van der Waals surface area contributed by atoms with Gasteiger partial charge in [-0.3, -0.25) is 9.69 Å². The third-order valence-electron chi connectivity index (χ3n) is 3.76. The lowest BCUT2D eigenvalue weighted by molar-refractivity contribution is -0.121. The van der Waals surface area contributed by atoms with E-state index in [9.17, 15) is 9.59 Å². The van der Waals surface area contributed by atoms with Crippen molar-refractivity contribution in [3.8, 4) is 5.75 Å². The zero-order chi connectivity index (χ0) is 14.8. The van der Waals surface area contributed by atoms with Gasteiger partial charge in [0.2, 0.25) is 5.91 Å². The number of carbonyl (C=O) groups excluding carboxylic acids is 2. The molecule has 0 aromatic heterocycles. The Bertz CT molecular complexity index is 540. The quantitative estimate of drug-likeness (QED) is 0.886. The van der Waals surface area contributed by atoms with Gasteiger partial charge in [-0.15, -0.1) is 0 Å². The fraction of sp³-hybridized carbons (Fsp3) is 0.467. The highest BCUT2D eigenvalue weighted by atomic mass is 16.5. The van der Waals surface area contributed by atoms with Crippen LogP contribution in [0.4, 0.5) is 10.5 Å². The molecule has 3 amide bonds. The number of carbonyl (C=O) groups is 2. The van der Waals surface area contributed by atoms with E-state index in [1.165, 1.54) is 0 Å². The lowest BCUT2D eigenvalue weighted by Crippen LogP contribution is -2.40. The number of hydrogen-bond donors (Lipinski definition) is 1. The van der Waals surface area contributed by atoms with E-state index in [4.69, 9.17) is 4.74 Å². The van der Waals surface area contributed by atoms with Gasteiger partial charge in [0.25, 0.3) is 0 Å². The van der Waals surface area contributed by atoms with Gasteiger partial charge in [-0.2, -0.15) is 0 Å². The van der Waals surface area contributed by atoms with Crippen LogP contribution >= 0.6 is 0 Å². The molecule has 1 saturated heterocycles. The standard InChI is InChI=1S/C15H19N3O3/c1-21-13-6-4-12(5-7-13)18-9-8-17(15(18)20)10-14(19)16-11-2-3-11/h4-7,11H,2-3,8-10H2,1H3,(H,16,19). The smallest absolute Gasteiger partial charge is 0.325 e. The monoisotopic (exact) mass is 289 g/mol. The summed E-state index contributed by atoms with van der Waals surface area (Å²) in [5, 5.41) is 2.90. The fourth-order valence-electron chi connectivity index (χ4n) is 2.41. The van der Waals surface area contributed by atoms with Crippen LogP contribution in [-0.2, 0) is 4.79 Å². The average molecular weight is 289 g/mol. The number of urea groups is 1. The number of ether oxygens (including phenoxy) is 1. The van der Waals surface area contributed by atoms with Gasteiger partial charge in [0.1, 0.15) is 12.3 Å². The molecule has 21 heavy (non-hydrogen) atoms. The molecule has 0 atom stereocenters. The Morgan fingerprint density at radius 1 is 1.29 bits per heavy atom. The summed E-state index contributed by atoms with van der Waals surface area (Å²) in [6.45, 7) is 1.31. The van der Waals surface area contributed by atoms with Crippen LogP contribution in [0.2, 0.25) is 0 Å². The number of nitrogens with one attached hydrogen (secondary N) is 1. The number of methoxy groups -OCH3 is 1. The van der Waals surface area contributed by atoms with Gasteiger partial charge in [-0.1, -0.05) is 0 Å². The highest BCUT2D eigenvalue weighted by Gasteiger charge is 2.32. The Kier molecular flexibility index (Phi) is 3.68. The average Bonchev–Trinajstić information content (AvgIpc) is 3.23. The van der Waals surface area contributed by atoms with Crippen LogP contribution in [0.1, 0.15) is 12.8 Å². The van der Waals surface area contributed by atoms with E-state index in [-0.39, 0.29) is 18.5 Å². The summed E-state index contributed by atoms with van der Waals surface area (Å²) < 4.78 is 5.11. The molecule has 1 aliphatic carbocycles. The van der Waals surface area contributed by atoms with Gasteiger partial charge >= 0.3 is 6.03 Å². The minimum atomic E-state index is -0.119. The summed E-state index contributed by atoms with van der Waals surface area (Å²) in [7, 11) is 1.61. The van der Waals surface area contributed by atoms with Crippen molar-refractivity contribution in [2.24, 2.45) is 0 Å². The number of benzene rings is 1. The molecule has 1 aliphatic heterocycles. The molecule has 2 aliphatic rings. The molecule has 1 heterocycles. The SMILES string of the molecule is COc1ccc(N2CCN(CC(=O)NC3CC3)C2=O)cc1. The lowest BCUT2D eigenvalue weighted by Gasteiger charge is -2.18. The van der Waals surface area contributed by atoms with Gasteiger partial charge in [0.15, 0.2) is 0 Å². The highest BCUT2D eigenvalue weighted by Crippen LogP contribution is 2.23. The van der Waals surface area contributed by atoms with Gasteiger partial charge in [-0.05, 0) is 37.1 Å². The number of amides is 3. The Morgan fingerprint density at radius 3 is 2.62 bits per heavy atom. The van der Waals surface area contributed by atoms with Crippen molar-refractivity contribution in [3.63, 3.8) is 0 Å². The van der Waals surface area contributed by atoms with E-state index in [1.54, 1.807) is 16.9 Å².